The number of fused-ring (bicyclic) bond motifs is 2. The molecular formula is C29H38FN3O2. The summed E-state index contributed by atoms with van der Waals surface area (Å²) in [6.45, 7) is 2.35. The molecule has 0 spiro atoms. The highest BCUT2D eigenvalue weighted by molar-refractivity contribution is 5.89. The largest absolute Gasteiger partial charge is 0.508 e. The Bertz CT molecular complexity index is 995. The Labute approximate surface area is 208 Å². The molecule has 2 atom stereocenters. The van der Waals surface area contributed by atoms with Crippen molar-refractivity contribution < 1.29 is 14.3 Å². The van der Waals surface area contributed by atoms with E-state index in [1.165, 1.54) is 62.6 Å². The van der Waals surface area contributed by atoms with Crippen molar-refractivity contribution in [3.8, 4) is 5.75 Å². The van der Waals surface area contributed by atoms with Gasteiger partial charge in [-0.2, -0.15) is 0 Å². The number of piperidine rings is 1. The highest BCUT2D eigenvalue weighted by Crippen LogP contribution is 2.43. The first kappa shape index (κ1) is 24.1. The lowest BCUT2D eigenvalue weighted by Gasteiger charge is -2.40. The minimum Gasteiger partial charge on any atom is -0.508 e. The van der Waals surface area contributed by atoms with Crippen molar-refractivity contribution in [2.75, 3.05) is 25.0 Å². The second kappa shape index (κ2) is 11.0. The van der Waals surface area contributed by atoms with Crippen LogP contribution in [0.2, 0.25) is 0 Å². The van der Waals surface area contributed by atoms with E-state index in [1.807, 2.05) is 17.0 Å². The number of aromatic hydroxyl groups is 1. The molecule has 0 aromatic heterocycles. The first-order valence-corrected chi connectivity index (χ1v) is 13.4. The molecule has 2 saturated heterocycles. The van der Waals surface area contributed by atoms with Gasteiger partial charge in [0.1, 0.15) is 11.6 Å². The molecule has 5 nitrogen and oxygen atoms in total. The summed E-state index contributed by atoms with van der Waals surface area (Å²) in [7, 11) is 0. The number of carbonyl (C=O) groups excluding carboxylic acids is 1. The molecule has 2 heterocycles. The number of hydrogen-bond acceptors (Lipinski definition) is 3. The molecule has 2 unspecified atom stereocenters. The van der Waals surface area contributed by atoms with Crippen LogP contribution in [0.1, 0.15) is 69.3 Å². The zero-order chi connectivity index (χ0) is 24.2. The lowest BCUT2D eigenvalue weighted by atomic mass is 9.85. The van der Waals surface area contributed by atoms with Crippen molar-refractivity contribution in [3.05, 3.63) is 59.9 Å². The van der Waals surface area contributed by atoms with E-state index in [4.69, 9.17) is 0 Å². The summed E-state index contributed by atoms with van der Waals surface area (Å²) >= 11 is 0. The number of carbonyl (C=O) groups is 1. The van der Waals surface area contributed by atoms with Crippen LogP contribution >= 0.6 is 0 Å². The Morgan fingerprint density at radius 2 is 1.74 bits per heavy atom. The van der Waals surface area contributed by atoms with Gasteiger partial charge in [-0.3, -0.25) is 4.90 Å². The van der Waals surface area contributed by atoms with E-state index in [-0.39, 0.29) is 11.8 Å². The average molecular weight is 480 g/mol. The fraction of sp³-hybridized carbons (Fsp3) is 0.552. The van der Waals surface area contributed by atoms with E-state index < -0.39 is 0 Å². The van der Waals surface area contributed by atoms with Crippen molar-refractivity contribution in [1.29, 1.82) is 0 Å². The third-order valence-electron chi connectivity index (χ3n) is 8.42. The second-order valence-electron chi connectivity index (χ2n) is 10.8. The fourth-order valence-electron chi connectivity index (χ4n) is 6.65. The summed E-state index contributed by atoms with van der Waals surface area (Å²) in [6, 6.07) is 14.8. The van der Waals surface area contributed by atoms with Crippen LogP contribution in [0.15, 0.2) is 48.5 Å². The summed E-state index contributed by atoms with van der Waals surface area (Å²) in [5, 5.41) is 12.9. The van der Waals surface area contributed by atoms with Gasteiger partial charge in [0.15, 0.2) is 0 Å². The van der Waals surface area contributed by atoms with Gasteiger partial charge in [-0.25, -0.2) is 9.18 Å². The number of nitrogens with one attached hydrogen (secondary N) is 1. The lowest BCUT2D eigenvalue weighted by molar-refractivity contribution is 0.108. The zero-order valence-electron chi connectivity index (χ0n) is 20.5. The third-order valence-corrected chi connectivity index (χ3v) is 8.42. The third kappa shape index (κ3) is 5.97. The van der Waals surface area contributed by atoms with Crippen LogP contribution in [0.3, 0.4) is 0 Å². The molecular weight excluding hydrogens is 441 g/mol. The molecule has 6 heteroatoms. The second-order valence-corrected chi connectivity index (χ2v) is 10.8. The van der Waals surface area contributed by atoms with Gasteiger partial charge in [0.05, 0.1) is 0 Å². The van der Waals surface area contributed by atoms with Crippen LogP contribution in [0, 0.1) is 11.7 Å². The minimum atomic E-state index is -0.340. The Balaban J connectivity index is 1.23. The fourth-order valence-corrected chi connectivity index (χ4v) is 6.65. The number of amides is 2. The SMILES string of the molecule is O=C(Nc1cccc(F)c1)N(CCN1C2CCC1CC(c1cccc(O)c1)C2)CC1CCCCC1. The molecule has 5 rings (SSSR count). The number of hydrogen-bond donors (Lipinski definition) is 2. The predicted octanol–water partition coefficient (Wildman–Crippen LogP) is 6.36. The first-order valence-electron chi connectivity index (χ1n) is 13.4. The standard InChI is InChI=1S/C29H38FN3O2/c30-24-9-5-10-25(19-24)31-29(35)32(20-21-6-2-1-3-7-21)14-15-33-26-12-13-27(33)17-23(16-26)22-8-4-11-28(34)18-22/h4-5,8-11,18-19,21,23,26-27,34H,1-3,6-7,12-17,20H2,(H,31,35). The number of phenols is 1. The van der Waals surface area contributed by atoms with E-state index in [1.54, 1.807) is 18.2 Å². The monoisotopic (exact) mass is 479 g/mol. The molecule has 3 aliphatic rings. The minimum absolute atomic E-state index is 0.122. The first-order chi connectivity index (χ1) is 17.0. The predicted molar refractivity (Wildman–Crippen MR) is 137 cm³/mol. The van der Waals surface area contributed by atoms with E-state index >= 15 is 0 Å². The molecule has 35 heavy (non-hydrogen) atoms. The number of urea groups is 1. The maximum absolute atomic E-state index is 13.7. The van der Waals surface area contributed by atoms with E-state index in [0.717, 1.165) is 25.9 Å². The number of rotatable bonds is 7. The van der Waals surface area contributed by atoms with Gasteiger partial charge >= 0.3 is 6.03 Å². The molecule has 3 fully saturated rings. The van der Waals surface area contributed by atoms with Gasteiger partial charge in [-0.1, -0.05) is 37.5 Å². The average Bonchev–Trinajstić information content (AvgIpc) is 3.08. The molecule has 2 bridgehead atoms. The summed E-state index contributed by atoms with van der Waals surface area (Å²) in [5.41, 5.74) is 1.76. The van der Waals surface area contributed by atoms with E-state index in [9.17, 15) is 14.3 Å². The van der Waals surface area contributed by atoms with Gasteiger partial charge in [0.2, 0.25) is 0 Å². The smallest absolute Gasteiger partial charge is 0.321 e. The van der Waals surface area contributed by atoms with Crippen molar-refractivity contribution in [2.24, 2.45) is 5.92 Å². The van der Waals surface area contributed by atoms with Crippen molar-refractivity contribution in [3.63, 3.8) is 0 Å². The van der Waals surface area contributed by atoms with Gasteiger partial charge in [-0.05, 0) is 86.3 Å². The summed E-state index contributed by atoms with van der Waals surface area (Å²) in [6.07, 6.45) is 10.8. The highest BCUT2D eigenvalue weighted by atomic mass is 19.1. The van der Waals surface area contributed by atoms with E-state index in [2.05, 4.69) is 16.3 Å². The zero-order valence-corrected chi connectivity index (χ0v) is 20.5. The van der Waals surface area contributed by atoms with Gasteiger partial charge < -0.3 is 15.3 Å². The van der Waals surface area contributed by atoms with Crippen LogP contribution in [0.5, 0.6) is 5.75 Å². The number of nitrogens with zero attached hydrogens (tertiary/aromatic N) is 2. The summed E-state index contributed by atoms with van der Waals surface area (Å²) < 4.78 is 13.7. The molecule has 188 valence electrons. The van der Waals surface area contributed by atoms with Crippen LogP contribution < -0.4 is 5.32 Å². The van der Waals surface area contributed by atoms with E-state index in [0.29, 0.717) is 41.9 Å². The lowest BCUT2D eigenvalue weighted by Crippen LogP contribution is -2.48. The van der Waals surface area contributed by atoms with Crippen molar-refractivity contribution in [2.45, 2.75) is 75.8 Å². The Morgan fingerprint density at radius 1 is 1.00 bits per heavy atom. The quantitative estimate of drug-likeness (QED) is 0.486. The molecule has 2 N–H and O–H groups in total. The molecule has 0 radical (unpaired) electrons. The van der Waals surface area contributed by atoms with Crippen LogP contribution in [0.4, 0.5) is 14.9 Å². The Hall–Kier alpha value is -2.60. The van der Waals surface area contributed by atoms with Crippen molar-refractivity contribution >= 4 is 11.7 Å². The highest BCUT2D eigenvalue weighted by Gasteiger charge is 2.41. The normalized spacial score (nSPS) is 24.9. The topological polar surface area (TPSA) is 55.8 Å². The molecule has 2 amide bonds. The summed E-state index contributed by atoms with van der Waals surface area (Å²) in [5.74, 6) is 1.05. The molecule has 2 aliphatic heterocycles. The van der Waals surface area contributed by atoms with Gasteiger partial charge in [0, 0.05) is 37.4 Å². The number of benzene rings is 2. The van der Waals surface area contributed by atoms with Crippen LogP contribution in [-0.2, 0) is 0 Å². The Morgan fingerprint density at radius 3 is 2.46 bits per heavy atom. The van der Waals surface area contributed by atoms with Crippen molar-refractivity contribution in [1.82, 2.24) is 9.80 Å². The molecule has 2 aromatic carbocycles. The maximum atomic E-state index is 13.7. The number of anilines is 1. The molecule has 2 aromatic rings. The number of phenolic OH excluding ortho intramolecular Hbond substituents is 1. The molecule has 1 aliphatic carbocycles. The summed E-state index contributed by atoms with van der Waals surface area (Å²) in [4.78, 5) is 17.9. The Kier molecular flexibility index (Phi) is 7.57. The van der Waals surface area contributed by atoms with Gasteiger partial charge in [-0.15, -0.1) is 0 Å². The van der Waals surface area contributed by atoms with Gasteiger partial charge in [0.25, 0.3) is 0 Å². The molecule has 1 saturated carbocycles. The maximum Gasteiger partial charge on any atom is 0.321 e. The van der Waals surface area contributed by atoms with Crippen LogP contribution in [-0.4, -0.2) is 52.7 Å². The van der Waals surface area contributed by atoms with Crippen LogP contribution in [0.25, 0.3) is 0 Å². The number of halogens is 1.